The number of phenols is 1. The van der Waals surface area contributed by atoms with Gasteiger partial charge in [-0.2, -0.15) is 35.3 Å². The molecule has 2 aliphatic rings. The molecule has 0 amide bonds. The van der Waals surface area contributed by atoms with Crippen molar-refractivity contribution in [3.63, 3.8) is 0 Å². The van der Waals surface area contributed by atoms with Gasteiger partial charge in [-0.3, -0.25) is 0 Å². The maximum absolute atomic E-state index is 10.5. The first kappa shape index (κ1) is 37.3. The van der Waals surface area contributed by atoms with E-state index in [-0.39, 0.29) is 30.0 Å². The van der Waals surface area contributed by atoms with Gasteiger partial charge in [0.1, 0.15) is 0 Å². The Bertz CT molecular complexity index is 1560. The minimum absolute atomic E-state index is 0.0171. The number of phenolic OH excluding ortho intramolecular Hbond substituents is 1. The molecule has 268 valence electrons. The lowest BCUT2D eigenvalue weighted by Crippen LogP contribution is -2.37. The quantitative estimate of drug-likeness (QED) is 0.143. The summed E-state index contributed by atoms with van der Waals surface area (Å²) in [6, 6.07) is 12.5. The lowest BCUT2D eigenvalue weighted by Gasteiger charge is -2.37. The number of methoxy groups -OCH3 is 3. The molecule has 2 heterocycles. The predicted molar refractivity (Wildman–Crippen MR) is 196 cm³/mol. The Morgan fingerprint density at radius 3 is 1.82 bits per heavy atom. The summed E-state index contributed by atoms with van der Waals surface area (Å²) in [6.07, 6.45) is -3.01. The van der Waals surface area contributed by atoms with Crippen molar-refractivity contribution in [2.24, 2.45) is 0 Å². The summed E-state index contributed by atoms with van der Waals surface area (Å²) in [5.74, 6) is 6.91. The monoisotopic (exact) mass is 734 g/mol. The number of hydrogen-bond acceptors (Lipinski definition) is 13. The van der Waals surface area contributed by atoms with E-state index in [0.29, 0.717) is 50.9 Å². The number of aromatic hydroxyl groups is 1. The summed E-state index contributed by atoms with van der Waals surface area (Å²) in [5.41, 5.74) is 2.37. The molecule has 0 saturated heterocycles. The fourth-order valence-electron chi connectivity index (χ4n) is 6.06. The summed E-state index contributed by atoms with van der Waals surface area (Å²) < 4.78 is 42.7. The summed E-state index contributed by atoms with van der Waals surface area (Å²) in [4.78, 5) is 0. The van der Waals surface area contributed by atoms with Crippen LogP contribution in [-0.4, -0.2) is 90.3 Å². The van der Waals surface area contributed by atoms with Crippen molar-refractivity contribution in [3.8, 4) is 46.0 Å². The molecule has 0 saturated carbocycles. The standard InChI is InChI=1S/C36H46O10S3/c1-7-47-19-31(48-8-2)36(49-9-3)22-15-26(42-6)35-28(16-22)44-33(30(18-38)46-35)21-13-25(41-5)34-27(14-21)43-32(29(17-37)45-34)20-10-11-23(39)24(12-20)40-4/h10-16,29-33,36-39H,7-9,17-19H2,1-6H3/t29?,30-,31?,32?,33-,36?/m0/s1. The first-order valence-corrected chi connectivity index (χ1v) is 19.6. The number of ether oxygens (including phenoxy) is 7. The number of aliphatic hydroxyl groups is 2. The second-order valence-electron chi connectivity index (χ2n) is 11.3. The molecule has 3 aromatic rings. The van der Waals surface area contributed by atoms with Gasteiger partial charge in [0, 0.05) is 27.4 Å². The molecule has 0 bridgehead atoms. The molecular formula is C36H46O10S3. The number of benzene rings is 3. The van der Waals surface area contributed by atoms with E-state index in [1.807, 2.05) is 47.4 Å². The Kier molecular flexibility index (Phi) is 13.2. The molecule has 0 fully saturated rings. The highest BCUT2D eigenvalue weighted by molar-refractivity contribution is 8.05. The molecule has 3 N–H and O–H groups in total. The molecule has 2 aliphatic heterocycles. The zero-order valence-electron chi connectivity index (χ0n) is 28.7. The van der Waals surface area contributed by atoms with Crippen molar-refractivity contribution in [2.75, 3.05) is 57.6 Å². The van der Waals surface area contributed by atoms with Crippen LogP contribution in [0.15, 0.2) is 42.5 Å². The fraction of sp³-hybridized carbons (Fsp3) is 0.500. The van der Waals surface area contributed by atoms with Crippen molar-refractivity contribution >= 4 is 35.3 Å². The topological polar surface area (TPSA) is 125 Å². The van der Waals surface area contributed by atoms with Crippen LogP contribution in [0, 0.1) is 0 Å². The Morgan fingerprint density at radius 2 is 1.24 bits per heavy atom. The average Bonchev–Trinajstić information content (AvgIpc) is 3.13. The van der Waals surface area contributed by atoms with Gasteiger partial charge < -0.3 is 48.5 Å². The van der Waals surface area contributed by atoms with E-state index in [1.165, 1.54) is 20.3 Å². The van der Waals surface area contributed by atoms with E-state index in [2.05, 4.69) is 20.8 Å². The fourth-order valence-corrected chi connectivity index (χ4v) is 9.74. The smallest absolute Gasteiger partial charge is 0.204 e. The zero-order chi connectivity index (χ0) is 35.1. The lowest BCUT2D eigenvalue weighted by atomic mass is 9.99. The van der Waals surface area contributed by atoms with E-state index in [4.69, 9.17) is 33.2 Å². The third-order valence-electron chi connectivity index (χ3n) is 8.35. The van der Waals surface area contributed by atoms with Gasteiger partial charge in [-0.05, 0) is 59.2 Å². The van der Waals surface area contributed by atoms with Crippen LogP contribution in [0.5, 0.6) is 46.0 Å². The third-order valence-corrected chi connectivity index (χ3v) is 12.2. The number of thioether (sulfide) groups is 3. The van der Waals surface area contributed by atoms with Crippen LogP contribution < -0.4 is 33.2 Å². The van der Waals surface area contributed by atoms with Crippen molar-refractivity contribution in [1.82, 2.24) is 0 Å². The van der Waals surface area contributed by atoms with E-state index < -0.39 is 24.4 Å². The molecule has 0 aliphatic carbocycles. The van der Waals surface area contributed by atoms with Gasteiger partial charge in [0.05, 0.1) is 34.5 Å². The van der Waals surface area contributed by atoms with Gasteiger partial charge in [0.15, 0.2) is 58.9 Å². The summed E-state index contributed by atoms with van der Waals surface area (Å²) >= 11 is 5.83. The summed E-state index contributed by atoms with van der Waals surface area (Å²) in [6.45, 7) is 5.90. The average molecular weight is 735 g/mol. The number of rotatable bonds is 16. The second kappa shape index (κ2) is 17.3. The van der Waals surface area contributed by atoms with Gasteiger partial charge in [-0.15, -0.1) is 0 Å². The number of hydrogen-bond donors (Lipinski definition) is 3. The van der Waals surface area contributed by atoms with E-state index in [1.54, 1.807) is 31.4 Å². The molecule has 0 spiro atoms. The van der Waals surface area contributed by atoms with Gasteiger partial charge in [-0.25, -0.2) is 0 Å². The Labute approximate surface area is 301 Å². The molecule has 6 atom stereocenters. The van der Waals surface area contributed by atoms with Crippen LogP contribution in [0.25, 0.3) is 0 Å². The highest BCUT2D eigenvalue weighted by Gasteiger charge is 2.40. The SMILES string of the molecule is CCSCC(SCC)C(SCC)c1cc(OC)c2c(c1)O[C@@H](c1cc(OC)c3c(c1)OC(c1ccc(O)c(OC)c1)C(CO)O3)[C@H](CO)O2. The zero-order valence-corrected chi connectivity index (χ0v) is 31.1. The maximum atomic E-state index is 10.5. The summed E-state index contributed by atoms with van der Waals surface area (Å²) in [7, 11) is 4.60. The van der Waals surface area contributed by atoms with Gasteiger partial charge in [-0.1, -0.05) is 26.8 Å². The maximum Gasteiger partial charge on any atom is 0.204 e. The molecule has 4 unspecified atom stereocenters. The third kappa shape index (κ3) is 8.01. The summed E-state index contributed by atoms with van der Waals surface area (Å²) in [5, 5.41) is 31.5. The molecule has 10 nitrogen and oxygen atoms in total. The first-order valence-electron chi connectivity index (χ1n) is 16.3. The molecule has 5 rings (SSSR count). The van der Waals surface area contributed by atoms with Gasteiger partial charge in [0.25, 0.3) is 0 Å². The lowest BCUT2D eigenvalue weighted by molar-refractivity contribution is -0.0194. The largest absolute Gasteiger partial charge is 0.504 e. The van der Waals surface area contributed by atoms with E-state index in [0.717, 1.165) is 28.6 Å². The minimum atomic E-state index is -0.771. The highest BCUT2D eigenvalue weighted by atomic mass is 32.2. The molecular weight excluding hydrogens is 689 g/mol. The van der Waals surface area contributed by atoms with Crippen molar-refractivity contribution < 1.29 is 48.5 Å². The van der Waals surface area contributed by atoms with Crippen LogP contribution >= 0.6 is 35.3 Å². The van der Waals surface area contributed by atoms with Crippen LogP contribution in [0.4, 0.5) is 0 Å². The molecule has 49 heavy (non-hydrogen) atoms. The number of aliphatic hydroxyl groups excluding tert-OH is 2. The highest BCUT2D eigenvalue weighted by Crippen LogP contribution is 2.52. The van der Waals surface area contributed by atoms with Gasteiger partial charge in [0.2, 0.25) is 11.5 Å². The minimum Gasteiger partial charge on any atom is -0.504 e. The van der Waals surface area contributed by atoms with E-state index >= 15 is 0 Å². The predicted octanol–water partition coefficient (Wildman–Crippen LogP) is 6.83. The molecule has 0 radical (unpaired) electrons. The van der Waals surface area contributed by atoms with Crippen molar-refractivity contribution in [1.29, 1.82) is 0 Å². The molecule has 13 heteroatoms. The Balaban J connectivity index is 1.54. The first-order chi connectivity index (χ1) is 23.8. The van der Waals surface area contributed by atoms with Crippen molar-refractivity contribution in [2.45, 2.75) is 55.7 Å². The van der Waals surface area contributed by atoms with Gasteiger partial charge >= 0.3 is 0 Å². The van der Waals surface area contributed by atoms with Crippen molar-refractivity contribution in [3.05, 3.63) is 59.2 Å². The second-order valence-corrected chi connectivity index (χ2v) is 15.6. The van der Waals surface area contributed by atoms with Crippen LogP contribution in [0.3, 0.4) is 0 Å². The number of fused-ring (bicyclic) bond motifs is 2. The van der Waals surface area contributed by atoms with Crippen LogP contribution in [0.2, 0.25) is 0 Å². The Hall–Kier alpha value is -2.97. The normalized spacial score (nSPS) is 20.7. The Morgan fingerprint density at radius 1 is 0.673 bits per heavy atom. The molecule has 3 aromatic carbocycles. The molecule has 0 aromatic heterocycles. The van der Waals surface area contributed by atoms with Crippen LogP contribution in [-0.2, 0) is 0 Å². The van der Waals surface area contributed by atoms with Crippen LogP contribution in [0.1, 0.15) is 54.9 Å². The van der Waals surface area contributed by atoms with E-state index in [9.17, 15) is 15.3 Å².